The van der Waals surface area contributed by atoms with Crippen molar-refractivity contribution in [2.24, 2.45) is 11.7 Å². The Kier molecular flexibility index (Phi) is 5.76. The molecule has 1 amide bonds. The van der Waals surface area contributed by atoms with Crippen LogP contribution in [-0.4, -0.2) is 23.9 Å². The molecule has 0 radical (unpaired) electrons. The number of benzene rings is 1. The van der Waals surface area contributed by atoms with Crippen LogP contribution in [0.3, 0.4) is 0 Å². The summed E-state index contributed by atoms with van der Waals surface area (Å²) in [7, 11) is 1.60. The number of hydrogen-bond donors (Lipinski definition) is 1. The van der Waals surface area contributed by atoms with E-state index in [0.29, 0.717) is 10.6 Å². The summed E-state index contributed by atoms with van der Waals surface area (Å²) in [5.41, 5.74) is 6.20. The van der Waals surface area contributed by atoms with Gasteiger partial charge < -0.3 is 10.6 Å². The van der Waals surface area contributed by atoms with Gasteiger partial charge in [-0.25, -0.2) is 4.39 Å². The fourth-order valence-corrected chi connectivity index (χ4v) is 1.97. The second-order valence-corrected chi connectivity index (χ2v) is 5.21. The van der Waals surface area contributed by atoms with Crippen molar-refractivity contribution >= 4 is 17.5 Å². The number of amides is 1. The summed E-state index contributed by atoms with van der Waals surface area (Å²) >= 11 is 5.94. The van der Waals surface area contributed by atoms with E-state index >= 15 is 0 Å². The van der Waals surface area contributed by atoms with Crippen LogP contribution in [0.5, 0.6) is 0 Å². The van der Waals surface area contributed by atoms with Gasteiger partial charge in [0.2, 0.25) is 5.91 Å². The molecule has 0 aliphatic carbocycles. The van der Waals surface area contributed by atoms with E-state index in [2.05, 4.69) is 0 Å². The van der Waals surface area contributed by atoms with Gasteiger partial charge in [-0.05, 0) is 18.1 Å². The maximum atomic E-state index is 13.6. The van der Waals surface area contributed by atoms with Crippen molar-refractivity contribution in [3.63, 3.8) is 0 Å². The van der Waals surface area contributed by atoms with Gasteiger partial charge in [0.05, 0.1) is 6.04 Å². The van der Waals surface area contributed by atoms with Crippen LogP contribution in [0.1, 0.15) is 25.8 Å². The van der Waals surface area contributed by atoms with Gasteiger partial charge in [-0.3, -0.25) is 4.79 Å². The molecule has 3 nitrogen and oxygen atoms in total. The minimum absolute atomic E-state index is 0.0889. The maximum absolute atomic E-state index is 13.6. The monoisotopic (exact) mass is 286 g/mol. The number of nitrogens with two attached hydrogens (primary N) is 1. The van der Waals surface area contributed by atoms with Gasteiger partial charge in [-0.15, -0.1) is 0 Å². The third-order valence-electron chi connectivity index (χ3n) is 3.38. The first-order chi connectivity index (χ1) is 8.88. The molecular formula is C14H20ClFN2O. The second-order valence-electron chi connectivity index (χ2n) is 4.81. The van der Waals surface area contributed by atoms with Gasteiger partial charge in [0.25, 0.3) is 0 Å². The fraction of sp³-hybridized carbons (Fsp3) is 0.500. The smallest absolute Gasteiger partial charge is 0.239 e. The fourth-order valence-electron chi connectivity index (χ4n) is 1.75. The Hall–Kier alpha value is -1.13. The second kappa shape index (κ2) is 6.87. The van der Waals surface area contributed by atoms with Gasteiger partial charge in [-0.2, -0.15) is 0 Å². The van der Waals surface area contributed by atoms with E-state index in [0.717, 1.165) is 6.42 Å². The Morgan fingerprint density at radius 1 is 1.53 bits per heavy atom. The quantitative estimate of drug-likeness (QED) is 0.905. The molecular weight excluding hydrogens is 267 g/mol. The lowest BCUT2D eigenvalue weighted by atomic mass is 9.99. The third kappa shape index (κ3) is 3.91. The Morgan fingerprint density at radius 2 is 2.16 bits per heavy atom. The van der Waals surface area contributed by atoms with Gasteiger partial charge in [0.15, 0.2) is 0 Å². The molecule has 19 heavy (non-hydrogen) atoms. The lowest BCUT2D eigenvalue weighted by Crippen LogP contribution is -2.45. The number of likely N-dealkylation sites (N-methyl/N-ethyl adjacent to an activating group) is 1. The van der Waals surface area contributed by atoms with Gasteiger partial charge in [0.1, 0.15) is 5.82 Å². The summed E-state index contributed by atoms with van der Waals surface area (Å²) in [6.07, 6.45) is 0.821. The summed E-state index contributed by atoms with van der Waals surface area (Å²) in [6, 6.07) is 3.90. The molecule has 1 rings (SSSR count). The van der Waals surface area contributed by atoms with Crippen molar-refractivity contribution in [2.45, 2.75) is 32.9 Å². The van der Waals surface area contributed by atoms with E-state index in [1.54, 1.807) is 13.1 Å². The zero-order chi connectivity index (χ0) is 14.6. The highest BCUT2D eigenvalue weighted by Crippen LogP contribution is 2.21. The third-order valence-corrected chi connectivity index (χ3v) is 3.73. The van der Waals surface area contributed by atoms with Crippen molar-refractivity contribution in [2.75, 3.05) is 7.05 Å². The molecule has 0 aliphatic rings. The zero-order valence-electron chi connectivity index (χ0n) is 11.5. The van der Waals surface area contributed by atoms with E-state index < -0.39 is 11.9 Å². The molecule has 0 bridgehead atoms. The molecule has 1 aromatic carbocycles. The average Bonchev–Trinajstić information content (AvgIpc) is 2.40. The van der Waals surface area contributed by atoms with E-state index in [1.165, 1.54) is 17.0 Å². The summed E-state index contributed by atoms with van der Waals surface area (Å²) in [5, 5.41) is 0.316. The van der Waals surface area contributed by atoms with E-state index in [9.17, 15) is 9.18 Å². The minimum atomic E-state index is -0.569. The van der Waals surface area contributed by atoms with Crippen LogP contribution >= 0.6 is 11.6 Å². The summed E-state index contributed by atoms with van der Waals surface area (Å²) in [5.74, 6) is -0.524. The van der Waals surface area contributed by atoms with E-state index in [4.69, 9.17) is 17.3 Å². The molecule has 0 aromatic heterocycles. The van der Waals surface area contributed by atoms with Crippen molar-refractivity contribution in [3.8, 4) is 0 Å². The lowest BCUT2D eigenvalue weighted by Gasteiger charge is -2.25. The predicted octanol–water partition coefficient (Wildman–Crippen LogP) is 2.81. The normalized spacial score (nSPS) is 14.0. The van der Waals surface area contributed by atoms with Crippen molar-refractivity contribution < 1.29 is 9.18 Å². The molecule has 0 saturated carbocycles. The van der Waals surface area contributed by atoms with Crippen LogP contribution in [0.25, 0.3) is 0 Å². The molecule has 0 saturated heterocycles. The number of halogens is 2. The lowest BCUT2D eigenvalue weighted by molar-refractivity contribution is -0.133. The molecule has 0 fully saturated rings. The SMILES string of the molecule is CCC(C)C(N)C(=O)N(C)Cc1c(F)cccc1Cl. The molecule has 0 spiro atoms. The Morgan fingerprint density at radius 3 is 2.68 bits per heavy atom. The molecule has 2 atom stereocenters. The van der Waals surface area contributed by atoms with Crippen LogP contribution in [-0.2, 0) is 11.3 Å². The molecule has 106 valence electrons. The highest BCUT2D eigenvalue weighted by molar-refractivity contribution is 6.31. The molecule has 0 aliphatic heterocycles. The summed E-state index contributed by atoms with van der Waals surface area (Å²) in [4.78, 5) is 13.5. The van der Waals surface area contributed by atoms with Crippen LogP contribution in [0, 0.1) is 11.7 Å². The van der Waals surface area contributed by atoms with Crippen LogP contribution in [0.4, 0.5) is 4.39 Å². The summed E-state index contributed by atoms with van der Waals surface area (Å²) < 4.78 is 13.6. The molecule has 2 N–H and O–H groups in total. The first-order valence-corrected chi connectivity index (χ1v) is 6.69. The van der Waals surface area contributed by atoms with Crippen molar-refractivity contribution in [1.29, 1.82) is 0 Å². The van der Waals surface area contributed by atoms with Crippen molar-refractivity contribution in [3.05, 3.63) is 34.6 Å². The van der Waals surface area contributed by atoms with Gasteiger partial charge in [-0.1, -0.05) is 37.9 Å². The average molecular weight is 287 g/mol. The van der Waals surface area contributed by atoms with Gasteiger partial charge in [0, 0.05) is 24.2 Å². The zero-order valence-corrected chi connectivity index (χ0v) is 12.2. The largest absolute Gasteiger partial charge is 0.340 e. The number of carbonyl (C=O) groups excluding carboxylic acids is 1. The van der Waals surface area contributed by atoms with Crippen molar-refractivity contribution in [1.82, 2.24) is 4.90 Å². The Labute approximate surface area is 118 Å². The van der Waals surface area contributed by atoms with Crippen LogP contribution in [0.15, 0.2) is 18.2 Å². The first-order valence-electron chi connectivity index (χ1n) is 6.31. The molecule has 2 unspecified atom stereocenters. The van der Waals surface area contributed by atoms with Crippen LogP contribution < -0.4 is 5.73 Å². The molecule has 1 aromatic rings. The first kappa shape index (κ1) is 15.9. The molecule has 0 heterocycles. The number of nitrogens with zero attached hydrogens (tertiary/aromatic N) is 1. The van der Waals surface area contributed by atoms with Gasteiger partial charge >= 0.3 is 0 Å². The highest BCUT2D eigenvalue weighted by Gasteiger charge is 2.23. The van der Waals surface area contributed by atoms with E-state index in [-0.39, 0.29) is 18.4 Å². The van der Waals surface area contributed by atoms with E-state index in [1.807, 2.05) is 13.8 Å². The molecule has 5 heteroatoms. The van der Waals surface area contributed by atoms with Crippen LogP contribution in [0.2, 0.25) is 5.02 Å². The Bertz CT molecular complexity index is 433. The predicted molar refractivity (Wildman–Crippen MR) is 75.3 cm³/mol. The minimum Gasteiger partial charge on any atom is -0.340 e. The maximum Gasteiger partial charge on any atom is 0.239 e. The topological polar surface area (TPSA) is 46.3 Å². The highest BCUT2D eigenvalue weighted by atomic mass is 35.5. The number of hydrogen-bond acceptors (Lipinski definition) is 2. The summed E-state index contributed by atoms with van der Waals surface area (Å²) in [6.45, 7) is 4.02. The standard InChI is InChI=1S/C14H20ClFN2O/c1-4-9(2)13(17)14(19)18(3)8-10-11(15)6-5-7-12(10)16/h5-7,9,13H,4,8,17H2,1-3H3. The number of carbonyl (C=O) groups is 1. The Balaban J connectivity index is 2.80. The number of rotatable bonds is 5.